The van der Waals surface area contributed by atoms with Gasteiger partial charge in [0.25, 0.3) is 0 Å². The van der Waals surface area contributed by atoms with Crippen molar-refractivity contribution in [2.45, 2.75) is 32.4 Å². The number of aromatic nitrogens is 3. The minimum absolute atomic E-state index is 0.379. The van der Waals surface area contributed by atoms with Gasteiger partial charge in [-0.2, -0.15) is 5.26 Å². The molecular weight excluding hydrogens is 352 g/mol. The molecule has 0 bridgehead atoms. The van der Waals surface area contributed by atoms with Gasteiger partial charge in [-0.05, 0) is 38.0 Å². The summed E-state index contributed by atoms with van der Waals surface area (Å²) in [6, 6.07) is 11.6. The van der Waals surface area contributed by atoms with E-state index in [1.165, 1.54) is 0 Å². The fourth-order valence-electron chi connectivity index (χ4n) is 2.79. The van der Waals surface area contributed by atoms with Crippen molar-refractivity contribution in [1.29, 1.82) is 5.26 Å². The van der Waals surface area contributed by atoms with Crippen LogP contribution in [0.2, 0.25) is 0 Å². The highest BCUT2D eigenvalue weighted by Gasteiger charge is 2.21. The average Bonchev–Trinajstić information content (AvgIpc) is 3.51. The second kappa shape index (κ2) is 7.62. The molecule has 1 aliphatic rings. The molecule has 2 aromatic heterocycles. The molecule has 0 aliphatic heterocycles. The fraction of sp³-hybridized carbons (Fsp3) is 0.238. The standard InChI is InChI=1S/C21H20N6O/c1-13-6-17(8-20(26-13)27-16-3-4-16)28-19-7-14(9-22)2-5-18(19)21-24-11-15(10-23)12-25-21/h2,5-8,11-12,16H,3-4,10,23H2,1H3,(H,26,27). The van der Waals surface area contributed by atoms with Crippen molar-refractivity contribution in [3.05, 3.63) is 59.5 Å². The van der Waals surface area contributed by atoms with E-state index in [9.17, 15) is 5.26 Å². The van der Waals surface area contributed by atoms with Crippen LogP contribution in [0.1, 0.15) is 29.7 Å². The smallest absolute Gasteiger partial charge is 0.162 e. The number of aryl methyl sites for hydroxylation is 1. The number of ether oxygens (including phenoxy) is 1. The van der Waals surface area contributed by atoms with E-state index in [0.717, 1.165) is 29.9 Å². The lowest BCUT2D eigenvalue weighted by atomic mass is 10.1. The van der Waals surface area contributed by atoms with E-state index in [0.29, 0.717) is 41.0 Å². The van der Waals surface area contributed by atoms with Crippen molar-refractivity contribution in [3.63, 3.8) is 0 Å². The summed E-state index contributed by atoms with van der Waals surface area (Å²) in [4.78, 5) is 13.3. The molecule has 140 valence electrons. The van der Waals surface area contributed by atoms with Crippen molar-refractivity contribution in [2.75, 3.05) is 5.32 Å². The first-order valence-corrected chi connectivity index (χ1v) is 9.13. The highest BCUT2D eigenvalue weighted by molar-refractivity contribution is 5.66. The van der Waals surface area contributed by atoms with Crippen LogP contribution in [0, 0.1) is 18.3 Å². The summed E-state index contributed by atoms with van der Waals surface area (Å²) >= 11 is 0. The van der Waals surface area contributed by atoms with E-state index in [-0.39, 0.29) is 0 Å². The zero-order chi connectivity index (χ0) is 19.5. The summed E-state index contributed by atoms with van der Waals surface area (Å²) in [6.45, 7) is 2.30. The van der Waals surface area contributed by atoms with Crippen LogP contribution in [0.4, 0.5) is 5.82 Å². The molecule has 4 rings (SSSR count). The van der Waals surface area contributed by atoms with Gasteiger partial charge in [-0.25, -0.2) is 15.0 Å². The maximum atomic E-state index is 9.28. The molecule has 1 aromatic carbocycles. The fourth-order valence-corrected chi connectivity index (χ4v) is 2.79. The molecule has 1 saturated carbocycles. The first kappa shape index (κ1) is 17.9. The van der Waals surface area contributed by atoms with Crippen molar-refractivity contribution >= 4 is 5.82 Å². The van der Waals surface area contributed by atoms with E-state index in [2.05, 4.69) is 26.3 Å². The second-order valence-corrected chi connectivity index (χ2v) is 6.79. The highest BCUT2D eigenvalue weighted by Crippen LogP contribution is 2.34. The predicted molar refractivity (Wildman–Crippen MR) is 106 cm³/mol. The summed E-state index contributed by atoms with van der Waals surface area (Å²) in [6.07, 6.45) is 5.71. The third-order valence-electron chi connectivity index (χ3n) is 4.38. The number of anilines is 1. The normalized spacial score (nSPS) is 13.0. The molecule has 0 amide bonds. The SMILES string of the molecule is Cc1cc(Oc2cc(C#N)ccc2-c2ncc(CN)cn2)cc(NC2CC2)n1. The quantitative estimate of drug-likeness (QED) is 0.681. The molecule has 0 unspecified atom stereocenters. The van der Waals surface area contributed by atoms with E-state index >= 15 is 0 Å². The van der Waals surface area contributed by atoms with Crippen molar-refractivity contribution in [2.24, 2.45) is 5.73 Å². The summed E-state index contributed by atoms with van der Waals surface area (Å²) in [5.74, 6) is 2.46. The topological polar surface area (TPSA) is 110 Å². The molecule has 0 atom stereocenters. The van der Waals surface area contributed by atoms with Crippen LogP contribution < -0.4 is 15.8 Å². The number of hydrogen-bond acceptors (Lipinski definition) is 7. The molecule has 0 spiro atoms. The van der Waals surface area contributed by atoms with Crippen molar-refractivity contribution < 1.29 is 4.74 Å². The van der Waals surface area contributed by atoms with Gasteiger partial charge in [0.15, 0.2) is 5.82 Å². The molecule has 28 heavy (non-hydrogen) atoms. The minimum Gasteiger partial charge on any atom is -0.456 e. The Balaban J connectivity index is 1.69. The molecule has 1 fully saturated rings. The maximum absolute atomic E-state index is 9.28. The van der Waals surface area contributed by atoms with Crippen LogP contribution in [-0.4, -0.2) is 21.0 Å². The van der Waals surface area contributed by atoms with Crippen LogP contribution in [0.3, 0.4) is 0 Å². The zero-order valence-corrected chi connectivity index (χ0v) is 15.5. The molecule has 0 radical (unpaired) electrons. The summed E-state index contributed by atoms with van der Waals surface area (Å²) in [5.41, 5.74) is 8.52. The van der Waals surface area contributed by atoms with Gasteiger partial charge in [-0.15, -0.1) is 0 Å². The molecule has 7 heteroatoms. The number of benzene rings is 1. The van der Waals surface area contributed by atoms with Crippen LogP contribution in [-0.2, 0) is 6.54 Å². The van der Waals surface area contributed by atoms with E-state index in [4.69, 9.17) is 10.5 Å². The first-order valence-electron chi connectivity index (χ1n) is 9.13. The van der Waals surface area contributed by atoms with Gasteiger partial charge in [0.1, 0.15) is 17.3 Å². The number of pyridine rings is 1. The number of nitrogens with two attached hydrogens (primary N) is 1. The number of nitrogens with zero attached hydrogens (tertiary/aromatic N) is 4. The van der Waals surface area contributed by atoms with E-state index < -0.39 is 0 Å². The molecule has 3 aromatic rings. The Kier molecular flexibility index (Phi) is 4.87. The number of hydrogen-bond donors (Lipinski definition) is 2. The lowest BCUT2D eigenvalue weighted by Crippen LogP contribution is -2.04. The van der Waals surface area contributed by atoms with Gasteiger partial charge in [-0.3, -0.25) is 0 Å². The van der Waals surface area contributed by atoms with Crippen molar-refractivity contribution in [3.8, 4) is 29.0 Å². The summed E-state index contributed by atoms with van der Waals surface area (Å²) < 4.78 is 6.15. The first-order chi connectivity index (χ1) is 13.6. The Morgan fingerprint density at radius 1 is 1.21 bits per heavy atom. The van der Waals surface area contributed by atoms with Gasteiger partial charge >= 0.3 is 0 Å². The Morgan fingerprint density at radius 3 is 2.68 bits per heavy atom. The van der Waals surface area contributed by atoms with Gasteiger partial charge in [-0.1, -0.05) is 0 Å². The average molecular weight is 372 g/mol. The minimum atomic E-state index is 0.379. The Hall–Kier alpha value is -3.50. The number of rotatable bonds is 6. The molecule has 2 heterocycles. The zero-order valence-electron chi connectivity index (χ0n) is 15.5. The van der Waals surface area contributed by atoms with Gasteiger partial charge < -0.3 is 15.8 Å². The number of nitriles is 1. The summed E-state index contributed by atoms with van der Waals surface area (Å²) in [5, 5.41) is 12.7. The number of nitrogens with one attached hydrogen (secondary N) is 1. The largest absolute Gasteiger partial charge is 0.456 e. The van der Waals surface area contributed by atoms with Gasteiger partial charge in [0, 0.05) is 48.4 Å². The Morgan fingerprint density at radius 2 is 2.00 bits per heavy atom. The second-order valence-electron chi connectivity index (χ2n) is 6.79. The molecule has 1 aliphatic carbocycles. The van der Waals surface area contributed by atoms with Crippen LogP contribution in [0.5, 0.6) is 11.5 Å². The molecule has 0 saturated heterocycles. The summed E-state index contributed by atoms with van der Waals surface area (Å²) in [7, 11) is 0. The lowest BCUT2D eigenvalue weighted by molar-refractivity contribution is 0.483. The molecule has 3 N–H and O–H groups in total. The van der Waals surface area contributed by atoms with Crippen LogP contribution >= 0.6 is 0 Å². The van der Waals surface area contributed by atoms with Crippen LogP contribution in [0.15, 0.2) is 42.7 Å². The maximum Gasteiger partial charge on any atom is 0.162 e. The van der Waals surface area contributed by atoms with Gasteiger partial charge in [0.05, 0.1) is 17.2 Å². The van der Waals surface area contributed by atoms with Crippen LogP contribution in [0.25, 0.3) is 11.4 Å². The Labute approximate surface area is 163 Å². The predicted octanol–water partition coefficient (Wildman–Crippen LogP) is 3.54. The third-order valence-corrected chi connectivity index (χ3v) is 4.38. The lowest BCUT2D eigenvalue weighted by Gasteiger charge is -2.13. The van der Waals surface area contributed by atoms with Gasteiger partial charge in [0.2, 0.25) is 0 Å². The molecular formula is C21H20N6O. The van der Waals surface area contributed by atoms with E-state index in [1.807, 2.05) is 19.1 Å². The molecule has 7 nitrogen and oxygen atoms in total. The Bertz CT molecular complexity index is 1040. The van der Waals surface area contributed by atoms with E-state index in [1.54, 1.807) is 30.6 Å². The van der Waals surface area contributed by atoms with Crippen molar-refractivity contribution in [1.82, 2.24) is 15.0 Å². The third kappa shape index (κ3) is 4.08. The monoisotopic (exact) mass is 372 g/mol. The highest BCUT2D eigenvalue weighted by atomic mass is 16.5.